The summed E-state index contributed by atoms with van der Waals surface area (Å²) in [5.74, 6) is -0.133. The number of sulfonamides is 1. The summed E-state index contributed by atoms with van der Waals surface area (Å²) in [5, 5.41) is 2.87. The summed E-state index contributed by atoms with van der Waals surface area (Å²) in [7, 11) is -3.34. The Labute approximate surface area is 142 Å². The first kappa shape index (κ1) is 16.5. The fourth-order valence-electron chi connectivity index (χ4n) is 2.88. The number of fused-ring (bicyclic) bond motifs is 1. The molecule has 0 spiro atoms. The molecule has 2 N–H and O–H groups in total. The third kappa shape index (κ3) is 3.59. The van der Waals surface area contributed by atoms with Gasteiger partial charge in [0.15, 0.2) is 0 Å². The smallest absolute Gasteiger partial charge is 0.232 e. The molecule has 0 fully saturated rings. The van der Waals surface area contributed by atoms with Gasteiger partial charge in [0.25, 0.3) is 0 Å². The van der Waals surface area contributed by atoms with Crippen LogP contribution in [0, 0.1) is 0 Å². The van der Waals surface area contributed by atoms with Crippen molar-refractivity contribution < 1.29 is 13.2 Å². The van der Waals surface area contributed by atoms with E-state index < -0.39 is 10.0 Å². The van der Waals surface area contributed by atoms with Gasteiger partial charge in [-0.25, -0.2) is 8.42 Å². The van der Waals surface area contributed by atoms with E-state index in [2.05, 4.69) is 10.0 Å². The fraction of sp³-hybridized carbons (Fsp3) is 0.278. The standard InChI is InChI=1S/C18H20N2O3S/c1-2-10-24(22,23)20-15-8-5-7-14(12-15)19-18(21)17-11-13-6-3-4-9-16(13)17/h3-9,12,17,20H,2,10-11H2,1H3,(H,19,21)/t17-/m0/s1. The normalized spacial score (nSPS) is 16.0. The summed E-state index contributed by atoms with van der Waals surface area (Å²) < 4.78 is 26.2. The predicted octanol–water partition coefficient (Wildman–Crippen LogP) is 3.12. The summed E-state index contributed by atoms with van der Waals surface area (Å²) in [5.41, 5.74) is 3.31. The summed E-state index contributed by atoms with van der Waals surface area (Å²) in [6.45, 7) is 1.81. The Balaban J connectivity index is 1.68. The second kappa shape index (κ2) is 6.65. The number of hydrogen-bond acceptors (Lipinski definition) is 3. The minimum absolute atomic E-state index is 0.0673. The molecule has 126 valence electrons. The third-order valence-corrected chi connectivity index (χ3v) is 5.54. The van der Waals surface area contributed by atoms with E-state index in [9.17, 15) is 13.2 Å². The fourth-order valence-corrected chi connectivity index (χ4v) is 4.01. The molecule has 3 rings (SSSR count). The highest BCUT2D eigenvalue weighted by molar-refractivity contribution is 7.92. The molecule has 2 aromatic carbocycles. The average molecular weight is 344 g/mol. The summed E-state index contributed by atoms with van der Waals surface area (Å²) >= 11 is 0. The molecule has 0 unspecified atom stereocenters. The zero-order chi connectivity index (χ0) is 17.2. The van der Waals surface area contributed by atoms with Crippen molar-refractivity contribution in [2.75, 3.05) is 15.8 Å². The van der Waals surface area contributed by atoms with Gasteiger partial charge in [-0.15, -0.1) is 0 Å². The predicted molar refractivity (Wildman–Crippen MR) is 95.7 cm³/mol. The van der Waals surface area contributed by atoms with Crippen LogP contribution < -0.4 is 10.0 Å². The minimum Gasteiger partial charge on any atom is -0.325 e. The van der Waals surface area contributed by atoms with Crippen molar-refractivity contribution in [3.05, 3.63) is 59.7 Å². The van der Waals surface area contributed by atoms with Gasteiger partial charge in [0.1, 0.15) is 0 Å². The average Bonchev–Trinajstić information content (AvgIpc) is 2.48. The van der Waals surface area contributed by atoms with Gasteiger partial charge < -0.3 is 5.32 Å². The van der Waals surface area contributed by atoms with Crippen molar-refractivity contribution in [2.24, 2.45) is 0 Å². The maximum Gasteiger partial charge on any atom is 0.232 e. The molecule has 0 aliphatic heterocycles. The van der Waals surface area contributed by atoms with E-state index >= 15 is 0 Å². The SMILES string of the molecule is CCCS(=O)(=O)Nc1cccc(NC(=O)[C@H]2Cc3ccccc32)c1. The lowest BCUT2D eigenvalue weighted by atomic mass is 9.77. The Bertz CT molecular complexity index is 862. The lowest BCUT2D eigenvalue weighted by Crippen LogP contribution is -2.30. The van der Waals surface area contributed by atoms with Crippen LogP contribution in [0.1, 0.15) is 30.4 Å². The molecule has 0 heterocycles. The lowest BCUT2D eigenvalue weighted by molar-refractivity contribution is -0.118. The first-order chi connectivity index (χ1) is 11.5. The van der Waals surface area contributed by atoms with Gasteiger partial charge in [-0.3, -0.25) is 9.52 Å². The number of amides is 1. The van der Waals surface area contributed by atoms with Crippen molar-refractivity contribution in [1.29, 1.82) is 0 Å². The molecular weight excluding hydrogens is 324 g/mol. The quantitative estimate of drug-likeness (QED) is 0.845. The second-order valence-corrected chi connectivity index (χ2v) is 7.79. The Morgan fingerprint density at radius 2 is 1.88 bits per heavy atom. The largest absolute Gasteiger partial charge is 0.325 e. The van der Waals surface area contributed by atoms with Crippen molar-refractivity contribution >= 4 is 27.3 Å². The first-order valence-corrected chi connectivity index (χ1v) is 9.63. The molecule has 0 saturated carbocycles. The van der Waals surface area contributed by atoms with Crippen LogP contribution >= 0.6 is 0 Å². The van der Waals surface area contributed by atoms with Gasteiger partial charge in [0, 0.05) is 5.69 Å². The monoisotopic (exact) mass is 344 g/mol. The van der Waals surface area contributed by atoms with Gasteiger partial charge in [0.2, 0.25) is 15.9 Å². The van der Waals surface area contributed by atoms with Gasteiger partial charge in [-0.1, -0.05) is 37.3 Å². The van der Waals surface area contributed by atoms with Crippen LogP contribution in [-0.4, -0.2) is 20.1 Å². The second-order valence-electron chi connectivity index (χ2n) is 5.95. The number of benzene rings is 2. The molecular formula is C18H20N2O3S. The third-order valence-electron chi connectivity index (χ3n) is 4.05. The summed E-state index contributed by atoms with van der Waals surface area (Å²) in [6, 6.07) is 14.7. The summed E-state index contributed by atoms with van der Waals surface area (Å²) in [6.07, 6.45) is 1.29. The molecule has 1 atom stereocenters. The topological polar surface area (TPSA) is 75.3 Å². The van der Waals surface area contributed by atoms with Gasteiger partial charge in [0.05, 0.1) is 17.4 Å². The number of hydrogen-bond donors (Lipinski definition) is 2. The first-order valence-electron chi connectivity index (χ1n) is 7.98. The van der Waals surface area contributed by atoms with Crippen molar-refractivity contribution in [1.82, 2.24) is 0 Å². The Hall–Kier alpha value is -2.34. The van der Waals surface area contributed by atoms with E-state index in [-0.39, 0.29) is 17.6 Å². The number of anilines is 2. The Kier molecular flexibility index (Phi) is 4.57. The van der Waals surface area contributed by atoms with Crippen molar-refractivity contribution in [3.8, 4) is 0 Å². The number of carbonyl (C=O) groups excluding carboxylic acids is 1. The van der Waals surface area contributed by atoms with E-state index in [1.165, 1.54) is 5.56 Å². The number of carbonyl (C=O) groups is 1. The molecule has 1 amide bonds. The van der Waals surface area contributed by atoms with E-state index in [0.717, 1.165) is 12.0 Å². The molecule has 0 bridgehead atoms. The van der Waals surface area contributed by atoms with Gasteiger partial charge in [-0.05, 0) is 42.2 Å². The van der Waals surface area contributed by atoms with Crippen LogP contribution in [0.25, 0.3) is 0 Å². The van der Waals surface area contributed by atoms with Crippen LogP contribution in [-0.2, 0) is 21.2 Å². The molecule has 5 nitrogen and oxygen atoms in total. The van der Waals surface area contributed by atoms with Gasteiger partial charge >= 0.3 is 0 Å². The zero-order valence-electron chi connectivity index (χ0n) is 13.5. The Morgan fingerprint density at radius 3 is 2.62 bits per heavy atom. The maximum atomic E-state index is 12.4. The summed E-state index contributed by atoms with van der Waals surface area (Å²) in [4.78, 5) is 12.4. The highest BCUT2D eigenvalue weighted by Crippen LogP contribution is 2.35. The van der Waals surface area contributed by atoms with E-state index in [0.29, 0.717) is 17.8 Å². The number of nitrogens with one attached hydrogen (secondary N) is 2. The molecule has 1 aliphatic rings. The molecule has 1 aliphatic carbocycles. The van der Waals surface area contributed by atoms with Gasteiger partial charge in [-0.2, -0.15) is 0 Å². The van der Waals surface area contributed by atoms with Crippen LogP contribution in [0.5, 0.6) is 0 Å². The van der Waals surface area contributed by atoms with Crippen molar-refractivity contribution in [3.63, 3.8) is 0 Å². The molecule has 2 aromatic rings. The molecule has 0 saturated heterocycles. The van der Waals surface area contributed by atoms with Crippen LogP contribution in [0.4, 0.5) is 11.4 Å². The Morgan fingerprint density at radius 1 is 1.12 bits per heavy atom. The lowest BCUT2D eigenvalue weighted by Gasteiger charge is -2.28. The molecule has 0 radical (unpaired) electrons. The van der Waals surface area contributed by atoms with Crippen LogP contribution in [0.3, 0.4) is 0 Å². The van der Waals surface area contributed by atoms with Crippen LogP contribution in [0.2, 0.25) is 0 Å². The number of rotatable bonds is 6. The van der Waals surface area contributed by atoms with E-state index in [4.69, 9.17) is 0 Å². The minimum atomic E-state index is -3.34. The van der Waals surface area contributed by atoms with Crippen LogP contribution in [0.15, 0.2) is 48.5 Å². The highest BCUT2D eigenvalue weighted by Gasteiger charge is 2.31. The molecule has 24 heavy (non-hydrogen) atoms. The highest BCUT2D eigenvalue weighted by atomic mass is 32.2. The van der Waals surface area contributed by atoms with Crippen molar-refractivity contribution in [2.45, 2.75) is 25.7 Å². The van der Waals surface area contributed by atoms with E-state index in [1.54, 1.807) is 24.3 Å². The van der Waals surface area contributed by atoms with E-state index in [1.807, 2.05) is 31.2 Å². The maximum absolute atomic E-state index is 12.4. The zero-order valence-corrected chi connectivity index (χ0v) is 14.3. The molecule has 0 aromatic heterocycles. The molecule has 6 heteroatoms.